The van der Waals surface area contributed by atoms with Crippen LogP contribution in [-0.2, 0) is 31.2 Å². The van der Waals surface area contributed by atoms with Gasteiger partial charge in [-0.2, -0.15) is 5.10 Å². The highest BCUT2D eigenvalue weighted by Gasteiger charge is 2.34. The molecule has 1 amide bonds. The number of carbonyl (C=O) groups excluding carboxylic acids is 1. The second-order valence-corrected chi connectivity index (χ2v) is 5.88. The van der Waals surface area contributed by atoms with Crippen molar-refractivity contribution in [2.45, 2.75) is 40.2 Å². The Kier molecular flexibility index (Phi) is 4.48. The van der Waals surface area contributed by atoms with Crippen LogP contribution in [0, 0.1) is 11.8 Å². The molecule has 2 N–H and O–H groups in total. The molecule has 1 aliphatic rings. The minimum atomic E-state index is -0.169. The van der Waals surface area contributed by atoms with Gasteiger partial charge in [0.05, 0.1) is 11.6 Å². The summed E-state index contributed by atoms with van der Waals surface area (Å²) >= 11 is 0. The summed E-state index contributed by atoms with van der Waals surface area (Å²) in [6.45, 7) is 9.02. The fraction of sp³-hybridized carbons (Fsp3) is 0.733. The van der Waals surface area contributed by atoms with E-state index in [-0.39, 0.29) is 11.8 Å². The maximum Gasteiger partial charge on any atom is 0.222 e. The summed E-state index contributed by atoms with van der Waals surface area (Å²) in [5.41, 5.74) is 9.30. The molecule has 2 heterocycles. The number of aryl methyl sites for hydroxylation is 2. The summed E-state index contributed by atoms with van der Waals surface area (Å²) in [6.07, 6.45) is 1.94. The number of primary amides is 1. The van der Waals surface area contributed by atoms with Gasteiger partial charge in [-0.25, -0.2) is 0 Å². The molecule has 1 aromatic rings. The van der Waals surface area contributed by atoms with Crippen molar-refractivity contribution in [3.05, 3.63) is 17.0 Å². The highest BCUT2D eigenvalue weighted by Crippen LogP contribution is 2.26. The number of carbonyl (C=O) groups is 1. The quantitative estimate of drug-likeness (QED) is 0.877. The fourth-order valence-corrected chi connectivity index (χ4v) is 3.36. The zero-order chi connectivity index (χ0) is 14.9. The molecule has 0 radical (unpaired) electrons. The van der Waals surface area contributed by atoms with E-state index in [9.17, 15) is 4.79 Å². The van der Waals surface area contributed by atoms with Gasteiger partial charge in [-0.1, -0.05) is 20.8 Å². The molecule has 0 spiro atoms. The van der Waals surface area contributed by atoms with Gasteiger partial charge in [0.1, 0.15) is 0 Å². The van der Waals surface area contributed by atoms with E-state index in [1.165, 1.54) is 17.0 Å². The van der Waals surface area contributed by atoms with Crippen LogP contribution >= 0.6 is 0 Å². The number of nitrogens with zero attached hydrogens (tertiary/aromatic N) is 3. The zero-order valence-electron chi connectivity index (χ0n) is 13.0. The fourth-order valence-electron chi connectivity index (χ4n) is 3.36. The first-order valence-corrected chi connectivity index (χ1v) is 7.53. The molecule has 5 nitrogen and oxygen atoms in total. The molecule has 0 unspecified atom stereocenters. The van der Waals surface area contributed by atoms with Crippen LogP contribution in [0.1, 0.15) is 37.7 Å². The lowest BCUT2D eigenvalue weighted by Gasteiger charge is -2.16. The maximum absolute atomic E-state index is 11.4. The van der Waals surface area contributed by atoms with Gasteiger partial charge in [0, 0.05) is 37.9 Å². The molecule has 0 saturated carbocycles. The summed E-state index contributed by atoms with van der Waals surface area (Å²) in [4.78, 5) is 13.8. The highest BCUT2D eigenvalue weighted by atomic mass is 16.1. The Morgan fingerprint density at radius 1 is 1.35 bits per heavy atom. The number of rotatable bonds is 5. The predicted octanol–water partition coefficient (Wildman–Crippen LogP) is 1.10. The first-order chi connectivity index (χ1) is 9.47. The minimum Gasteiger partial charge on any atom is -0.369 e. The molecule has 1 fully saturated rings. The lowest BCUT2D eigenvalue weighted by Crippen LogP contribution is -2.29. The van der Waals surface area contributed by atoms with Crippen molar-refractivity contribution in [2.24, 2.45) is 24.6 Å². The molecule has 20 heavy (non-hydrogen) atoms. The third-order valence-electron chi connectivity index (χ3n) is 4.46. The molecule has 0 bridgehead atoms. The molecular weight excluding hydrogens is 252 g/mol. The van der Waals surface area contributed by atoms with Gasteiger partial charge >= 0.3 is 0 Å². The smallest absolute Gasteiger partial charge is 0.222 e. The topological polar surface area (TPSA) is 64.2 Å². The highest BCUT2D eigenvalue weighted by molar-refractivity contribution is 5.77. The third-order valence-corrected chi connectivity index (χ3v) is 4.46. The van der Waals surface area contributed by atoms with Crippen LogP contribution in [0.15, 0.2) is 0 Å². The van der Waals surface area contributed by atoms with E-state index in [1.54, 1.807) is 0 Å². The summed E-state index contributed by atoms with van der Waals surface area (Å²) in [6, 6.07) is 0. The molecule has 5 heteroatoms. The van der Waals surface area contributed by atoms with Crippen molar-refractivity contribution >= 4 is 5.91 Å². The Morgan fingerprint density at radius 2 is 2.05 bits per heavy atom. The van der Waals surface area contributed by atoms with Crippen LogP contribution in [0.2, 0.25) is 0 Å². The van der Waals surface area contributed by atoms with E-state index in [1.807, 2.05) is 11.7 Å². The second kappa shape index (κ2) is 5.95. The van der Waals surface area contributed by atoms with Crippen LogP contribution in [0.4, 0.5) is 0 Å². The third kappa shape index (κ3) is 2.73. The number of amides is 1. The van der Waals surface area contributed by atoms with Crippen molar-refractivity contribution in [2.75, 3.05) is 13.1 Å². The first kappa shape index (κ1) is 15.0. The van der Waals surface area contributed by atoms with E-state index < -0.39 is 0 Å². The van der Waals surface area contributed by atoms with Crippen molar-refractivity contribution in [1.29, 1.82) is 0 Å². The molecule has 1 aromatic heterocycles. The Balaban J connectivity index is 2.17. The average molecular weight is 278 g/mol. The van der Waals surface area contributed by atoms with Crippen LogP contribution in [0.5, 0.6) is 0 Å². The SMILES string of the molecule is CCc1nn(C)c(CC)c1CN1C[C@@H](C)[C@H](C(N)=O)C1. The van der Waals surface area contributed by atoms with Crippen molar-refractivity contribution in [3.63, 3.8) is 0 Å². The zero-order valence-corrected chi connectivity index (χ0v) is 13.0. The van der Waals surface area contributed by atoms with E-state index in [4.69, 9.17) is 5.73 Å². The van der Waals surface area contributed by atoms with Gasteiger partial charge in [-0.3, -0.25) is 14.4 Å². The van der Waals surface area contributed by atoms with Crippen molar-refractivity contribution in [1.82, 2.24) is 14.7 Å². The Morgan fingerprint density at radius 3 is 2.55 bits per heavy atom. The summed E-state index contributed by atoms with van der Waals surface area (Å²) in [5, 5.41) is 4.61. The van der Waals surface area contributed by atoms with Gasteiger partial charge in [0.15, 0.2) is 0 Å². The van der Waals surface area contributed by atoms with Gasteiger partial charge in [-0.15, -0.1) is 0 Å². The van der Waals surface area contributed by atoms with Crippen LogP contribution in [0.25, 0.3) is 0 Å². The second-order valence-electron chi connectivity index (χ2n) is 5.88. The average Bonchev–Trinajstić information content (AvgIpc) is 2.90. The van der Waals surface area contributed by atoms with Crippen LogP contribution in [0.3, 0.4) is 0 Å². The maximum atomic E-state index is 11.4. The molecule has 1 aliphatic heterocycles. The van der Waals surface area contributed by atoms with E-state index in [2.05, 4.69) is 30.8 Å². The van der Waals surface area contributed by atoms with Gasteiger partial charge in [-0.05, 0) is 18.8 Å². The van der Waals surface area contributed by atoms with Gasteiger partial charge < -0.3 is 5.73 Å². The van der Waals surface area contributed by atoms with Crippen molar-refractivity contribution in [3.8, 4) is 0 Å². The first-order valence-electron chi connectivity index (χ1n) is 7.53. The van der Waals surface area contributed by atoms with Crippen LogP contribution < -0.4 is 5.73 Å². The monoisotopic (exact) mass is 278 g/mol. The largest absolute Gasteiger partial charge is 0.369 e. The molecule has 1 saturated heterocycles. The van der Waals surface area contributed by atoms with E-state index in [0.717, 1.165) is 32.5 Å². The normalized spacial score (nSPS) is 23.4. The predicted molar refractivity (Wildman–Crippen MR) is 79.1 cm³/mol. The molecule has 112 valence electrons. The lowest BCUT2D eigenvalue weighted by molar-refractivity contribution is -0.122. The lowest BCUT2D eigenvalue weighted by atomic mass is 9.98. The van der Waals surface area contributed by atoms with Gasteiger partial charge in [0.2, 0.25) is 5.91 Å². The number of nitrogens with two attached hydrogens (primary N) is 1. The van der Waals surface area contributed by atoms with Crippen LogP contribution in [-0.4, -0.2) is 33.7 Å². The number of likely N-dealkylation sites (tertiary alicyclic amines) is 1. The molecule has 0 aliphatic carbocycles. The van der Waals surface area contributed by atoms with Gasteiger partial charge in [0.25, 0.3) is 0 Å². The summed E-state index contributed by atoms with van der Waals surface area (Å²) in [7, 11) is 2.01. The molecule has 0 aromatic carbocycles. The summed E-state index contributed by atoms with van der Waals surface area (Å²) in [5.74, 6) is 0.166. The molecule has 2 atom stereocenters. The molecule has 2 rings (SSSR count). The Hall–Kier alpha value is -1.36. The minimum absolute atomic E-state index is 0.0122. The number of hydrogen-bond acceptors (Lipinski definition) is 3. The Bertz CT molecular complexity index is 494. The standard InChI is InChI=1S/C15H26N4O/c1-5-13-12(14(6-2)18(4)17-13)9-19-7-10(3)11(8-19)15(16)20/h10-11H,5-9H2,1-4H3,(H2,16,20)/t10-,11-/m1/s1. The number of hydrogen-bond donors (Lipinski definition) is 1. The summed E-state index contributed by atoms with van der Waals surface area (Å²) < 4.78 is 2.00. The molecular formula is C15H26N4O. The number of aromatic nitrogens is 2. The Labute approximate surface area is 121 Å². The van der Waals surface area contributed by atoms with E-state index >= 15 is 0 Å². The van der Waals surface area contributed by atoms with Crippen molar-refractivity contribution < 1.29 is 4.79 Å². The van der Waals surface area contributed by atoms with E-state index in [0.29, 0.717) is 5.92 Å².